The van der Waals surface area contributed by atoms with E-state index in [0.717, 1.165) is 19.6 Å². The predicted molar refractivity (Wildman–Crippen MR) is 162 cm³/mol. The van der Waals surface area contributed by atoms with Crippen molar-refractivity contribution in [3.63, 3.8) is 0 Å². The van der Waals surface area contributed by atoms with Gasteiger partial charge >= 0.3 is 0 Å². The quantitative estimate of drug-likeness (QED) is 0.225. The highest BCUT2D eigenvalue weighted by molar-refractivity contribution is 6.32. The number of carbonyl (C=O) groups excluding carboxylic acids is 1. The summed E-state index contributed by atoms with van der Waals surface area (Å²) in [5, 5.41) is 8.52. The van der Waals surface area contributed by atoms with Crippen LogP contribution in [0.4, 0.5) is 17.2 Å². The Bertz CT molecular complexity index is 1790. The molecule has 1 aliphatic rings. The Kier molecular flexibility index (Phi) is 7.85. The van der Waals surface area contributed by atoms with Crippen molar-refractivity contribution >= 4 is 51.3 Å². The third-order valence-corrected chi connectivity index (χ3v) is 7.34. The fourth-order valence-corrected chi connectivity index (χ4v) is 5.03. The number of pyridine rings is 1. The summed E-state index contributed by atoms with van der Waals surface area (Å²) < 4.78 is 13.7. The van der Waals surface area contributed by atoms with Crippen molar-refractivity contribution in [2.45, 2.75) is 13.8 Å². The highest BCUT2D eigenvalue weighted by atomic mass is 35.5. The molecule has 0 fully saturated rings. The predicted octanol–water partition coefficient (Wildman–Crippen LogP) is 5.49. The lowest BCUT2D eigenvalue weighted by molar-refractivity contribution is -0.114. The third-order valence-electron chi connectivity index (χ3n) is 7.05. The van der Waals surface area contributed by atoms with Gasteiger partial charge in [0.15, 0.2) is 11.4 Å². The summed E-state index contributed by atoms with van der Waals surface area (Å²) in [4.78, 5) is 30.2. The molecule has 12 heteroatoms. The number of anilines is 3. The number of benzene rings is 2. The molecule has 0 radical (unpaired) electrons. The highest BCUT2D eigenvalue weighted by Gasteiger charge is 2.26. The fourth-order valence-electron chi connectivity index (χ4n) is 4.81. The number of hydrogen-bond donors (Lipinski definition) is 1. The standard InChI is InChI=1S/C30H29ClN8O3/c1-3-37(4-2)12-5-6-27(40)38-14-15-41-29-24(38)9-8-23-28(29)30(34-18-32-23)36-20-7-10-25(22(31)16-20)42-21-11-13-39-26(17-21)33-19-35-39/h5-11,13,16-19H,3-4,12,14-15H2,1-2H3,(H,32,34,36)/b6-5+. The Balaban J connectivity index is 1.25. The molecule has 0 atom stereocenters. The van der Waals surface area contributed by atoms with Crippen molar-refractivity contribution in [3.05, 3.63) is 78.5 Å². The van der Waals surface area contributed by atoms with E-state index in [0.29, 0.717) is 69.2 Å². The zero-order chi connectivity index (χ0) is 29.1. The van der Waals surface area contributed by atoms with E-state index in [4.69, 9.17) is 21.1 Å². The van der Waals surface area contributed by atoms with Gasteiger partial charge in [-0.3, -0.25) is 4.79 Å². The maximum Gasteiger partial charge on any atom is 0.250 e. The Hall–Kier alpha value is -4.74. The molecule has 0 spiro atoms. The van der Waals surface area contributed by atoms with Crippen molar-refractivity contribution < 1.29 is 14.3 Å². The first-order valence-corrected chi connectivity index (χ1v) is 14.1. The summed E-state index contributed by atoms with van der Waals surface area (Å²) in [6.07, 6.45) is 8.27. The minimum Gasteiger partial charge on any atom is -0.489 e. The molecule has 0 saturated carbocycles. The van der Waals surface area contributed by atoms with Crippen LogP contribution in [0.5, 0.6) is 17.2 Å². The van der Waals surface area contributed by atoms with E-state index in [1.165, 1.54) is 12.7 Å². The van der Waals surface area contributed by atoms with Crippen LogP contribution in [-0.2, 0) is 4.79 Å². The SMILES string of the molecule is CCN(CC)C/C=C/C(=O)N1CCOc2c1ccc1ncnc(Nc3ccc(Oc4ccn5ncnc5c4)c(Cl)c3)c21. The third kappa shape index (κ3) is 5.56. The Morgan fingerprint density at radius 2 is 2.00 bits per heavy atom. The van der Waals surface area contributed by atoms with Crippen LogP contribution in [0.25, 0.3) is 16.6 Å². The molecule has 3 aromatic heterocycles. The number of halogens is 1. The summed E-state index contributed by atoms with van der Waals surface area (Å²) in [5.41, 5.74) is 2.73. The van der Waals surface area contributed by atoms with Crippen LogP contribution < -0.4 is 19.7 Å². The van der Waals surface area contributed by atoms with Gasteiger partial charge in [0, 0.05) is 30.6 Å². The van der Waals surface area contributed by atoms with Gasteiger partial charge in [0.25, 0.3) is 5.91 Å². The number of likely N-dealkylation sites (N-methyl/N-ethyl adjacent to an activating group) is 1. The topological polar surface area (TPSA) is 110 Å². The number of fused-ring (bicyclic) bond motifs is 4. The van der Waals surface area contributed by atoms with Crippen LogP contribution >= 0.6 is 11.6 Å². The molecule has 5 aromatic rings. The van der Waals surface area contributed by atoms with Crippen molar-refractivity contribution in [2.24, 2.45) is 0 Å². The average Bonchev–Trinajstić information content (AvgIpc) is 3.48. The molecular formula is C30H29ClN8O3. The van der Waals surface area contributed by atoms with E-state index in [2.05, 4.69) is 44.1 Å². The normalized spacial score (nSPS) is 13.1. The monoisotopic (exact) mass is 584 g/mol. The van der Waals surface area contributed by atoms with Crippen LogP contribution in [0.1, 0.15) is 13.8 Å². The second-order valence-electron chi connectivity index (χ2n) is 9.55. The van der Waals surface area contributed by atoms with Crippen molar-refractivity contribution in [3.8, 4) is 17.2 Å². The van der Waals surface area contributed by atoms with Gasteiger partial charge in [-0.15, -0.1) is 0 Å². The summed E-state index contributed by atoms with van der Waals surface area (Å²) in [5.74, 6) is 2.07. The summed E-state index contributed by atoms with van der Waals surface area (Å²) in [6.45, 7) is 7.59. The Morgan fingerprint density at radius 1 is 1.12 bits per heavy atom. The molecule has 0 saturated heterocycles. The van der Waals surface area contributed by atoms with Gasteiger partial charge in [-0.05, 0) is 49.5 Å². The smallest absolute Gasteiger partial charge is 0.250 e. The maximum atomic E-state index is 13.2. The van der Waals surface area contributed by atoms with Gasteiger partial charge in [0.2, 0.25) is 0 Å². The number of nitrogens with one attached hydrogen (secondary N) is 1. The number of rotatable bonds is 9. The number of aromatic nitrogens is 5. The molecule has 2 aromatic carbocycles. The van der Waals surface area contributed by atoms with Gasteiger partial charge in [-0.2, -0.15) is 5.10 Å². The molecule has 4 heterocycles. The molecule has 0 bridgehead atoms. The average molecular weight is 585 g/mol. The molecule has 214 valence electrons. The molecule has 1 N–H and O–H groups in total. The van der Waals surface area contributed by atoms with Crippen LogP contribution in [0.15, 0.2) is 73.5 Å². The zero-order valence-electron chi connectivity index (χ0n) is 23.2. The second-order valence-corrected chi connectivity index (χ2v) is 9.96. The lowest BCUT2D eigenvalue weighted by atomic mass is 10.1. The van der Waals surface area contributed by atoms with Gasteiger partial charge in [0.1, 0.15) is 36.6 Å². The molecule has 0 unspecified atom stereocenters. The molecule has 0 aliphatic carbocycles. The number of amides is 1. The number of hydrogen-bond acceptors (Lipinski definition) is 9. The molecule has 11 nitrogen and oxygen atoms in total. The Morgan fingerprint density at radius 3 is 2.83 bits per heavy atom. The molecule has 6 rings (SSSR count). The van der Waals surface area contributed by atoms with Gasteiger partial charge in [-0.1, -0.05) is 31.5 Å². The lowest BCUT2D eigenvalue weighted by Gasteiger charge is -2.30. The number of ether oxygens (including phenoxy) is 2. The minimum absolute atomic E-state index is 0.0945. The largest absolute Gasteiger partial charge is 0.489 e. The fraction of sp³-hybridized carbons (Fsp3) is 0.233. The zero-order valence-corrected chi connectivity index (χ0v) is 24.0. The van der Waals surface area contributed by atoms with E-state index in [1.807, 2.05) is 24.3 Å². The number of carbonyl (C=O) groups is 1. The van der Waals surface area contributed by atoms with E-state index in [-0.39, 0.29) is 5.91 Å². The van der Waals surface area contributed by atoms with E-state index in [1.54, 1.807) is 46.0 Å². The second kappa shape index (κ2) is 12.0. The van der Waals surface area contributed by atoms with Crippen LogP contribution in [-0.4, -0.2) is 68.2 Å². The van der Waals surface area contributed by atoms with Crippen molar-refractivity contribution in [1.82, 2.24) is 29.5 Å². The van der Waals surface area contributed by atoms with E-state index < -0.39 is 0 Å². The van der Waals surface area contributed by atoms with E-state index >= 15 is 0 Å². The van der Waals surface area contributed by atoms with Crippen LogP contribution in [0, 0.1) is 0 Å². The Labute approximate surface area is 247 Å². The van der Waals surface area contributed by atoms with Gasteiger partial charge in [0.05, 0.1) is 28.2 Å². The maximum absolute atomic E-state index is 13.2. The van der Waals surface area contributed by atoms with Gasteiger partial charge in [-0.25, -0.2) is 19.5 Å². The first-order chi connectivity index (χ1) is 20.5. The van der Waals surface area contributed by atoms with Crippen molar-refractivity contribution in [1.29, 1.82) is 0 Å². The van der Waals surface area contributed by atoms with Gasteiger partial charge < -0.3 is 24.6 Å². The molecular weight excluding hydrogens is 556 g/mol. The highest BCUT2D eigenvalue weighted by Crippen LogP contribution is 2.42. The lowest BCUT2D eigenvalue weighted by Crippen LogP contribution is -2.37. The van der Waals surface area contributed by atoms with E-state index in [9.17, 15) is 4.79 Å². The van der Waals surface area contributed by atoms with Crippen molar-refractivity contribution in [2.75, 3.05) is 43.0 Å². The van der Waals surface area contributed by atoms with Crippen LogP contribution in [0.2, 0.25) is 5.02 Å². The summed E-state index contributed by atoms with van der Waals surface area (Å²) in [7, 11) is 0. The van der Waals surface area contributed by atoms with Crippen LogP contribution in [0.3, 0.4) is 0 Å². The summed E-state index contributed by atoms with van der Waals surface area (Å²) in [6, 6.07) is 12.7. The first-order valence-electron chi connectivity index (χ1n) is 13.7. The molecule has 1 amide bonds. The minimum atomic E-state index is -0.0945. The first kappa shape index (κ1) is 27.4. The number of nitrogens with zero attached hydrogens (tertiary/aromatic N) is 7. The molecule has 1 aliphatic heterocycles. The molecule has 42 heavy (non-hydrogen) atoms. The summed E-state index contributed by atoms with van der Waals surface area (Å²) >= 11 is 6.60.